The maximum Gasteiger partial charge on any atom is 0.228 e. The van der Waals surface area contributed by atoms with Crippen LogP contribution in [-0.4, -0.2) is 17.8 Å². The third-order valence-corrected chi connectivity index (χ3v) is 2.51. The number of amides is 1. The second-order valence-electron chi connectivity index (χ2n) is 3.26. The van der Waals surface area contributed by atoms with Crippen molar-refractivity contribution in [3.05, 3.63) is 30.1 Å². The van der Waals surface area contributed by atoms with Crippen molar-refractivity contribution >= 4 is 23.2 Å². The predicted molar refractivity (Wildman–Crippen MR) is 53.0 cm³/mol. The zero-order chi connectivity index (χ0) is 10.1. The van der Waals surface area contributed by atoms with Crippen LogP contribution in [-0.2, 0) is 4.79 Å². The number of rotatable bonds is 1. The van der Waals surface area contributed by atoms with Gasteiger partial charge in [0.25, 0.3) is 0 Å². The summed E-state index contributed by atoms with van der Waals surface area (Å²) in [6.45, 7) is 0.390. The van der Waals surface area contributed by atoms with Crippen molar-refractivity contribution in [2.75, 3.05) is 11.4 Å². The Hall–Kier alpha value is -1.09. The van der Waals surface area contributed by atoms with E-state index in [2.05, 4.69) is 0 Å². The Morgan fingerprint density at radius 1 is 1.43 bits per heavy atom. The maximum atomic E-state index is 13.3. The first-order chi connectivity index (χ1) is 6.68. The Labute approximate surface area is 86.3 Å². The number of nitrogens with zero attached hydrogens (tertiary/aromatic N) is 1. The van der Waals surface area contributed by atoms with Crippen LogP contribution in [0.3, 0.4) is 0 Å². The fourth-order valence-corrected chi connectivity index (χ4v) is 1.84. The lowest BCUT2D eigenvalue weighted by Crippen LogP contribution is -2.25. The highest BCUT2D eigenvalue weighted by atomic mass is 35.5. The van der Waals surface area contributed by atoms with Gasteiger partial charge in [0.2, 0.25) is 5.91 Å². The third kappa shape index (κ3) is 1.60. The number of para-hydroxylation sites is 1. The molecular weight excluding hydrogens is 205 g/mol. The van der Waals surface area contributed by atoms with Gasteiger partial charge in [-0.1, -0.05) is 12.1 Å². The van der Waals surface area contributed by atoms with Gasteiger partial charge in [-0.05, 0) is 12.1 Å². The number of carbonyl (C=O) groups is 1. The molecular formula is C10H9ClFNO. The molecule has 1 saturated heterocycles. The first-order valence-corrected chi connectivity index (χ1v) is 4.81. The van der Waals surface area contributed by atoms with E-state index >= 15 is 0 Å². The topological polar surface area (TPSA) is 20.3 Å². The second-order valence-corrected chi connectivity index (χ2v) is 3.87. The molecule has 0 aromatic heterocycles. The normalized spacial score (nSPS) is 21.7. The fraction of sp³-hybridized carbons (Fsp3) is 0.300. The van der Waals surface area contributed by atoms with Gasteiger partial charge in [0, 0.05) is 13.0 Å². The van der Waals surface area contributed by atoms with Gasteiger partial charge in [-0.3, -0.25) is 4.79 Å². The van der Waals surface area contributed by atoms with Gasteiger partial charge in [-0.2, -0.15) is 0 Å². The average Bonchev–Trinajstić information content (AvgIpc) is 2.46. The molecule has 0 N–H and O–H groups in total. The molecule has 74 valence electrons. The van der Waals surface area contributed by atoms with Crippen LogP contribution in [0.15, 0.2) is 24.3 Å². The number of hydrogen-bond donors (Lipinski definition) is 0. The molecule has 0 radical (unpaired) electrons. The quantitative estimate of drug-likeness (QED) is 0.655. The molecule has 1 aromatic rings. The molecule has 1 amide bonds. The van der Waals surface area contributed by atoms with E-state index in [1.165, 1.54) is 11.0 Å². The van der Waals surface area contributed by atoms with E-state index in [1.54, 1.807) is 18.2 Å². The van der Waals surface area contributed by atoms with E-state index in [9.17, 15) is 9.18 Å². The third-order valence-electron chi connectivity index (χ3n) is 2.22. The highest BCUT2D eigenvalue weighted by Crippen LogP contribution is 2.26. The van der Waals surface area contributed by atoms with Crippen LogP contribution >= 0.6 is 11.6 Å². The molecule has 2 rings (SSSR count). The standard InChI is InChI=1S/C10H9ClFNO/c11-7-5-10(14)13(6-7)9-4-2-1-3-8(9)12/h1-4,7H,5-6H2. The van der Waals surface area contributed by atoms with Crippen molar-refractivity contribution < 1.29 is 9.18 Å². The van der Waals surface area contributed by atoms with E-state index in [0.717, 1.165) is 0 Å². The molecule has 0 spiro atoms. The summed E-state index contributed by atoms with van der Waals surface area (Å²) in [5.74, 6) is -0.498. The zero-order valence-electron chi connectivity index (χ0n) is 7.41. The molecule has 0 bridgehead atoms. The van der Waals surface area contributed by atoms with Crippen molar-refractivity contribution in [2.24, 2.45) is 0 Å². The molecule has 1 unspecified atom stereocenters. The molecule has 14 heavy (non-hydrogen) atoms. The van der Waals surface area contributed by atoms with Gasteiger partial charge in [0.1, 0.15) is 5.82 Å². The number of halogens is 2. The molecule has 0 saturated carbocycles. The molecule has 1 aromatic carbocycles. The second kappa shape index (κ2) is 3.58. The van der Waals surface area contributed by atoms with Gasteiger partial charge in [-0.25, -0.2) is 4.39 Å². The Morgan fingerprint density at radius 2 is 2.14 bits per heavy atom. The van der Waals surface area contributed by atoms with Gasteiger partial charge >= 0.3 is 0 Å². The molecule has 1 aliphatic heterocycles. The molecule has 1 heterocycles. The van der Waals surface area contributed by atoms with E-state index in [1.807, 2.05) is 0 Å². The van der Waals surface area contributed by atoms with Gasteiger partial charge in [-0.15, -0.1) is 11.6 Å². The van der Waals surface area contributed by atoms with Gasteiger partial charge in [0.05, 0.1) is 11.1 Å². The molecule has 1 aliphatic rings. The molecule has 1 atom stereocenters. The van der Waals surface area contributed by atoms with Gasteiger partial charge in [0.15, 0.2) is 0 Å². The Bertz CT molecular complexity index is 369. The van der Waals surface area contributed by atoms with Crippen LogP contribution in [0.2, 0.25) is 0 Å². The Kier molecular flexibility index (Phi) is 2.42. The van der Waals surface area contributed by atoms with Crippen molar-refractivity contribution in [2.45, 2.75) is 11.8 Å². The minimum absolute atomic E-state index is 0.116. The largest absolute Gasteiger partial charge is 0.308 e. The lowest BCUT2D eigenvalue weighted by molar-refractivity contribution is -0.117. The lowest BCUT2D eigenvalue weighted by atomic mass is 10.3. The van der Waals surface area contributed by atoms with Crippen molar-refractivity contribution in [3.63, 3.8) is 0 Å². The minimum Gasteiger partial charge on any atom is -0.308 e. The summed E-state index contributed by atoms with van der Waals surface area (Å²) < 4.78 is 13.3. The van der Waals surface area contributed by atoms with Crippen LogP contribution < -0.4 is 4.90 Å². The van der Waals surface area contributed by atoms with Gasteiger partial charge < -0.3 is 4.90 Å². The van der Waals surface area contributed by atoms with Crippen LogP contribution in [0.25, 0.3) is 0 Å². The van der Waals surface area contributed by atoms with Crippen molar-refractivity contribution in [3.8, 4) is 0 Å². The molecule has 2 nitrogen and oxygen atoms in total. The summed E-state index contributed by atoms with van der Waals surface area (Å²) in [5, 5.41) is -0.206. The van der Waals surface area contributed by atoms with E-state index < -0.39 is 0 Å². The van der Waals surface area contributed by atoms with Crippen LogP contribution in [0, 0.1) is 5.82 Å². The van der Waals surface area contributed by atoms with Crippen LogP contribution in [0.5, 0.6) is 0 Å². The smallest absolute Gasteiger partial charge is 0.228 e. The van der Waals surface area contributed by atoms with E-state index in [0.29, 0.717) is 12.2 Å². The predicted octanol–water partition coefficient (Wildman–Crippen LogP) is 2.17. The summed E-state index contributed by atoms with van der Waals surface area (Å²) in [7, 11) is 0. The highest BCUT2D eigenvalue weighted by Gasteiger charge is 2.30. The van der Waals surface area contributed by atoms with Crippen LogP contribution in [0.1, 0.15) is 6.42 Å². The number of carbonyl (C=O) groups excluding carboxylic acids is 1. The summed E-state index contributed by atoms with van der Waals surface area (Å²) in [4.78, 5) is 12.8. The summed E-state index contributed by atoms with van der Waals surface area (Å²) in [6.07, 6.45) is 0.288. The average molecular weight is 214 g/mol. The first kappa shape index (κ1) is 9.46. The Morgan fingerprint density at radius 3 is 2.71 bits per heavy atom. The number of benzene rings is 1. The zero-order valence-corrected chi connectivity index (χ0v) is 8.17. The maximum absolute atomic E-state index is 13.3. The van der Waals surface area contributed by atoms with Crippen molar-refractivity contribution in [1.29, 1.82) is 0 Å². The molecule has 1 fully saturated rings. The van der Waals surface area contributed by atoms with Crippen LogP contribution in [0.4, 0.5) is 10.1 Å². The number of anilines is 1. The summed E-state index contributed by atoms with van der Waals surface area (Å²) in [6, 6.07) is 6.22. The summed E-state index contributed by atoms with van der Waals surface area (Å²) in [5.41, 5.74) is 0.320. The SMILES string of the molecule is O=C1CC(Cl)CN1c1ccccc1F. The van der Waals surface area contributed by atoms with E-state index in [-0.39, 0.29) is 23.5 Å². The highest BCUT2D eigenvalue weighted by molar-refractivity contribution is 6.24. The lowest BCUT2D eigenvalue weighted by Gasteiger charge is -2.16. The van der Waals surface area contributed by atoms with E-state index in [4.69, 9.17) is 11.6 Å². The molecule has 0 aliphatic carbocycles. The fourth-order valence-electron chi connectivity index (χ4n) is 1.57. The monoisotopic (exact) mass is 213 g/mol. The first-order valence-electron chi connectivity index (χ1n) is 4.37. The number of hydrogen-bond acceptors (Lipinski definition) is 1. The summed E-state index contributed by atoms with van der Waals surface area (Å²) >= 11 is 5.82. The molecule has 4 heteroatoms. The van der Waals surface area contributed by atoms with Crippen molar-refractivity contribution in [1.82, 2.24) is 0 Å². The Balaban J connectivity index is 2.32. The number of alkyl halides is 1. The minimum atomic E-state index is -0.383.